The highest BCUT2D eigenvalue weighted by atomic mass is 16.4. The first-order valence-corrected chi connectivity index (χ1v) is 11.0. The number of hydrogen-bond acceptors (Lipinski definition) is 5. The maximum absolute atomic E-state index is 13.2. The lowest BCUT2D eigenvalue weighted by Crippen LogP contribution is -2.36. The first kappa shape index (κ1) is 20.3. The first-order valence-electron chi connectivity index (χ1n) is 11.0. The zero-order valence-corrected chi connectivity index (χ0v) is 17.7. The van der Waals surface area contributed by atoms with E-state index in [1.54, 1.807) is 18.5 Å². The van der Waals surface area contributed by atoms with Crippen molar-refractivity contribution in [1.29, 1.82) is 0 Å². The van der Waals surface area contributed by atoms with Gasteiger partial charge in [0.25, 0.3) is 5.91 Å². The number of likely N-dealkylation sites (tertiary alicyclic amines) is 1. The largest absolute Gasteiger partial charge is 0.468 e. The average Bonchev–Trinajstić information content (AvgIpc) is 3.63. The van der Waals surface area contributed by atoms with Gasteiger partial charge in [0.15, 0.2) is 5.76 Å². The van der Waals surface area contributed by atoms with Crippen molar-refractivity contribution < 1.29 is 13.6 Å². The Kier molecular flexibility index (Phi) is 5.85. The number of hydrogen-bond donors (Lipinski definition) is 1. The Morgan fingerprint density at radius 3 is 2.56 bits per heavy atom. The number of oxazole rings is 1. The number of nitrogens with zero attached hydrogens (tertiary/aromatic N) is 2. The maximum Gasteiger partial charge on any atom is 0.252 e. The number of aromatic nitrogens is 1. The SMILES string of the molecule is O=C(NC[C@@H](c1ccco1)N1CCCC1)c1ccccc1-c1ncc(-c2ccccc2)o1. The normalized spacial score (nSPS) is 15.0. The van der Waals surface area contributed by atoms with E-state index in [1.807, 2.05) is 60.7 Å². The van der Waals surface area contributed by atoms with Crippen molar-refractivity contribution in [2.24, 2.45) is 0 Å². The fourth-order valence-corrected chi connectivity index (χ4v) is 4.23. The third-order valence-electron chi connectivity index (χ3n) is 5.88. The lowest BCUT2D eigenvalue weighted by atomic mass is 10.1. The molecule has 0 spiro atoms. The Hall–Kier alpha value is -3.64. The molecule has 1 saturated heterocycles. The minimum Gasteiger partial charge on any atom is -0.468 e. The Labute approximate surface area is 186 Å². The highest BCUT2D eigenvalue weighted by Gasteiger charge is 2.26. The van der Waals surface area contributed by atoms with Gasteiger partial charge in [0.2, 0.25) is 5.89 Å². The fraction of sp³-hybridized carbons (Fsp3) is 0.231. The van der Waals surface area contributed by atoms with Crippen LogP contribution in [0.1, 0.15) is 35.0 Å². The number of nitrogens with one attached hydrogen (secondary N) is 1. The van der Waals surface area contributed by atoms with E-state index in [4.69, 9.17) is 8.83 Å². The average molecular weight is 428 g/mol. The Balaban J connectivity index is 1.35. The fourth-order valence-electron chi connectivity index (χ4n) is 4.23. The van der Waals surface area contributed by atoms with E-state index in [0.717, 1.165) is 24.4 Å². The smallest absolute Gasteiger partial charge is 0.252 e. The molecule has 4 aromatic rings. The minimum absolute atomic E-state index is 0.0232. The van der Waals surface area contributed by atoms with E-state index in [0.29, 0.717) is 29.3 Å². The van der Waals surface area contributed by atoms with Crippen molar-refractivity contribution in [3.63, 3.8) is 0 Å². The third-order valence-corrected chi connectivity index (χ3v) is 5.88. The van der Waals surface area contributed by atoms with E-state index < -0.39 is 0 Å². The summed E-state index contributed by atoms with van der Waals surface area (Å²) in [7, 11) is 0. The van der Waals surface area contributed by atoms with Crippen LogP contribution in [0.15, 0.2) is 88.0 Å². The summed E-state index contributed by atoms with van der Waals surface area (Å²) in [6.07, 6.45) is 5.71. The number of amides is 1. The molecule has 32 heavy (non-hydrogen) atoms. The molecule has 6 heteroatoms. The van der Waals surface area contributed by atoms with Crippen LogP contribution in [0.4, 0.5) is 0 Å². The van der Waals surface area contributed by atoms with Gasteiger partial charge in [-0.15, -0.1) is 0 Å². The van der Waals surface area contributed by atoms with Crippen LogP contribution in [0.2, 0.25) is 0 Å². The van der Waals surface area contributed by atoms with E-state index >= 15 is 0 Å². The number of carbonyl (C=O) groups excluding carboxylic acids is 1. The summed E-state index contributed by atoms with van der Waals surface area (Å²) in [6, 6.07) is 21.1. The summed E-state index contributed by atoms with van der Waals surface area (Å²) < 4.78 is 11.7. The van der Waals surface area contributed by atoms with Crippen molar-refractivity contribution in [2.75, 3.05) is 19.6 Å². The van der Waals surface area contributed by atoms with Crippen molar-refractivity contribution in [3.8, 4) is 22.8 Å². The summed E-state index contributed by atoms with van der Waals surface area (Å²) in [6.45, 7) is 2.49. The van der Waals surface area contributed by atoms with Gasteiger partial charge in [0, 0.05) is 17.7 Å². The lowest BCUT2D eigenvalue weighted by Gasteiger charge is -2.26. The molecule has 0 saturated carbocycles. The summed E-state index contributed by atoms with van der Waals surface area (Å²) >= 11 is 0. The zero-order valence-electron chi connectivity index (χ0n) is 17.7. The molecule has 0 bridgehead atoms. The highest BCUT2D eigenvalue weighted by Crippen LogP contribution is 2.29. The van der Waals surface area contributed by atoms with Crippen molar-refractivity contribution in [1.82, 2.24) is 15.2 Å². The molecule has 162 valence electrons. The van der Waals surface area contributed by atoms with Crippen LogP contribution in [0.25, 0.3) is 22.8 Å². The van der Waals surface area contributed by atoms with Gasteiger partial charge in [-0.25, -0.2) is 4.98 Å². The molecular weight excluding hydrogens is 402 g/mol. The molecule has 1 atom stereocenters. The Bertz CT molecular complexity index is 1160. The third kappa shape index (κ3) is 4.22. The molecular formula is C26H25N3O3. The molecule has 5 rings (SSSR count). The van der Waals surface area contributed by atoms with Crippen molar-refractivity contribution in [2.45, 2.75) is 18.9 Å². The van der Waals surface area contributed by atoms with E-state index in [1.165, 1.54) is 12.8 Å². The summed E-state index contributed by atoms with van der Waals surface area (Å²) in [5.74, 6) is 1.82. The number of rotatable bonds is 7. The zero-order chi connectivity index (χ0) is 21.8. The second kappa shape index (κ2) is 9.24. The van der Waals surface area contributed by atoms with Crippen LogP contribution >= 0.6 is 0 Å². The highest BCUT2D eigenvalue weighted by molar-refractivity contribution is 6.00. The van der Waals surface area contributed by atoms with E-state index in [2.05, 4.69) is 15.2 Å². The molecule has 3 heterocycles. The standard InChI is InChI=1S/C26H25N3O3/c30-25(27-17-22(23-13-8-16-31-23)29-14-6-7-15-29)20-11-4-5-12-21(20)26-28-18-24(32-26)19-9-2-1-3-10-19/h1-5,8-13,16,18,22H,6-7,14-15,17H2,(H,27,30)/t22-/m0/s1. The second-order valence-electron chi connectivity index (χ2n) is 7.93. The molecule has 1 amide bonds. The van der Waals surface area contributed by atoms with Gasteiger partial charge < -0.3 is 14.2 Å². The summed E-state index contributed by atoms with van der Waals surface area (Å²) in [5, 5.41) is 3.10. The maximum atomic E-state index is 13.2. The van der Waals surface area contributed by atoms with Gasteiger partial charge in [-0.3, -0.25) is 9.69 Å². The van der Waals surface area contributed by atoms with Crippen molar-refractivity contribution >= 4 is 5.91 Å². The van der Waals surface area contributed by atoms with Gasteiger partial charge in [-0.2, -0.15) is 0 Å². The van der Waals surface area contributed by atoms with Crippen molar-refractivity contribution in [3.05, 3.63) is 90.5 Å². The quantitative estimate of drug-likeness (QED) is 0.441. The number of furan rings is 1. The molecule has 1 aliphatic heterocycles. The lowest BCUT2D eigenvalue weighted by molar-refractivity contribution is 0.0934. The van der Waals surface area contributed by atoms with E-state index in [-0.39, 0.29) is 11.9 Å². The van der Waals surface area contributed by atoms with Gasteiger partial charge in [-0.05, 0) is 50.2 Å². The van der Waals surface area contributed by atoms with Crippen LogP contribution in [0.5, 0.6) is 0 Å². The van der Waals surface area contributed by atoms with Gasteiger partial charge in [-0.1, -0.05) is 42.5 Å². The molecule has 1 N–H and O–H groups in total. The molecule has 0 unspecified atom stereocenters. The monoisotopic (exact) mass is 427 g/mol. The molecule has 1 fully saturated rings. The van der Waals surface area contributed by atoms with Crippen LogP contribution < -0.4 is 5.32 Å². The number of benzene rings is 2. The molecule has 0 radical (unpaired) electrons. The van der Waals surface area contributed by atoms with Crippen LogP contribution in [-0.2, 0) is 0 Å². The molecule has 0 aliphatic carbocycles. The van der Waals surface area contributed by atoms with Crippen LogP contribution in [-0.4, -0.2) is 35.4 Å². The van der Waals surface area contributed by atoms with Gasteiger partial charge >= 0.3 is 0 Å². The summed E-state index contributed by atoms with van der Waals surface area (Å²) in [5.41, 5.74) is 2.15. The first-order chi connectivity index (χ1) is 15.8. The topological polar surface area (TPSA) is 71.5 Å². The Morgan fingerprint density at radius 2 is 1.78 bits per heavy atom. The predicted molar refractivity (Wildman–Crippen MR) is 122 cm³/mol. The van der Waals surface area contributed by atoms with E-state index in [9.17, 15) is 4.79 Å². The summed E-state index contributed by atoms with van der Waals surface area (Å²) in [4.78, 5) is 20.0. The molecule has 2 aromatic carbocycles. The molecule has 1 aliphatic rings. The van der Waals surface area contributed by atoms with Gasteiger partial charge in [0.05, 0.1) is 24.1 Å². The van der Waals surface area contributed by atoms with Gasteiger partial charge in [0.1, 0.15) is 5.76 Å². The molecule has 6 nitrogen and oxygen atoms in total. The second-order valence-corrected chi connectivity index (χ2v) is 7.93. The minimum atomic E-state index is -0.157. The molecule has 2 aromatic heterocycles. The number of carbonyl (C=O) groups is 1. The predicted octanol–water partition coefficient (Wildman–Crippen LogP) is 5.17. The Morgan fingerprint density at radius 1 is 1.00 bits per heavy atom. The van der Waals surface area contributed by atoms with Crippen LogP contribution in [0.3, 0.4) is 0 Å². The van der Waals surface area contributed by atoms with Crippen LogP contribution in [0, 0.1) is 0 Å².